The van der Waals surface area contributed by atoms with Gasteiger partial charge in [0.25, 0.3) is 5.91 Å². The minimum Gasteiger partial charge on any atom is -0.496 e. The lowest BCUT2D eigenvalue weighted by molar-refractivity contribution is 0.0951. The fourth-order valence-electron chi connectivity index (χ4n) is 2.00. The van der Waals surface area contributed by atoms with Crippen LogP contribution in [-0.2, 0) is 0 Å². The van der Waals surface area contributed by atoms with Crippen molar-refractivity contribution in [1.82, 2.24) is 5.32 Å². The molecule has 3 nitrogen and oxygen atoms in total. The molecule has 0 spiro atoms. The summed E-state index contributed by atoms with van der Waals surface area (Å²) in [7, 11) is 1.60. The number of methoxy groups -OCH3 is 1. The zero-order chi connectivity index (χ0) is 15.3. The number of carbonyl (C=O) groups is 1. The molecule has 0 saturated heterocycles. The molecule has 1 rings (SSSR count). The molecule has 0 aromatic heterocycles. The van der Waals surface area contributed by atoms with E-state index in [1.807, 2.05) is 13.0 Å². The molecule has 1 N–H and O–H groups in total. The first-order chi connectivity index (χ1) is 9.23. The molecule has 0 heterocycles. The standard InChI is InChI=1S/C16H24ClNO2/c1-11-6-7-12(8-14(11)20-5)15(19)18-10-13(17)9-16(2,3)4/h6-8,13H,9-10H2,1-5H3,(H,18,19). The molecule has 0 radical (unpaired) electrons. The molecule has 4 heteroatoms. The molecule has 112 valence electrons. The minimum absolute atomic E-state index is 0.0636. The average Bonchev–Trinajstić information content (AvgIpc) is 2.34. The van der Waals surface area contributed by atoms with Gasteiger partial charge in [-0.05, 0) is 36.5 Å². The molecule has 0 bridgehead atoms. The summed E-state index contributed by atoms with van der Waals surface area (Å²) >= 11 is 6.24. The second kappa shape index (κ2) is 6.98. The summed E-state index contributed by atoms with van der Waals surface area (Å²) in [5, 5.41) is 2.80. The van der Waals surface area contributed by atoms with Gasteiger partial charge < -0.3 is 10.1 Å². The summed E-state index contributed by atoms with van der Waals surface area (Å²) < 4.78 is 5.22. The topological polar surface area (TPSA) is 38.3 Å². The summed E-state index contributed by atoms with van der Waals surface area (Å²) in [6.45, 7) is 8.81. The molecule has 1 amide bonds. The normalized spacial score (nSPS) is 12.9. The van der Waals surface area contributed by atoms with Gasteiger partial charge in [0.05, 0.1) is 12.5 Å². The number of benzene rings is 1. The maximum absolute atomic E-state index is 12.1. The highest BCUT2D eigenvalue weighted by atomic mass is 35.5. The number of hydrogen-bond acceptors (Lipinski definition) is 2. The largest absolute Gasteiger partial charge is 0.496 e. The first-order valence-corrected chi connectivity index (χ1v) is 7.23. The summed E-state index contributed by atoms with van der Waals surface area (Å²) in [5.41, 5.74) is 1.75. The SMILES string of the molecule is COc1cc(C(=O)NCC(Cl)CC(C)(C)C)ccc1C. The van der Waals surface area contributed by atoms with Gasteiger partial charge in [-0.15, -0.1) is 11.6 Å². The van der Waals surface area contributed by atoms with E-state index in [-0.39, 0.29) is 16.7 Å². The van der Waals surface area contributed by atoms with Gasteiger partial charge in [-0.1, -0.05) is 26.8 Å². The number of amides is 1. The Morgan fingerprint density at radius 3 is 2.60 bits per heavy atom. The summed E-state index contributed by atoms with van der Waals surface area (Å²) in [4.78, 5) is 12.1. The Bertz CT molecular complexity index is 466. The van der Waals surface area contributed by atoms with Crippen LogP contribution in [0.2, 0.25) is 0 Å². The lowest BCUT2D eigenvalue weighted by Crippen LogP contribution is -2.31. The minimum atomic E-state index is -0.122. The summed E-state index contributed by atoms with van der Waals surface area (Å²) in [6.07, 6.45) is 0.853. The molecule has 0 aliphatic rings. The smallest absolute Gasteiger partial charge is 0.251 e. The van der Waals surface area contributed by atoms with Gasteiger partial charge in [-0.3, -0.25) is 4.79 Å². The van der Waals surface area contributed by atoms with Crippen molar-refractivity contribution in [3.63, 3.8) is 0 Å². The van der Waals surface area contributed by atoms with E-state index in [1.54, 1.807) is 19.2 Å². The Morgan fingerprint density at radius 1 is 1.40 bits per heavy atom. The molecule has 1 unspecified atom stereocenters. The van der Waals surface area contributed by atoms with Crippen molar-refractivity contribution in [2.45, 2.75) is 39.5 Å². The molecule has 1 aromatic carbocycles. The van der Waals surface area contributed by atoms with E-state index in [0.717, 1.165) is 17.7 Å². The van der Waals surface area contributed by atoms with E-state index in [0.29, 0.717) is 12.1 Å². The van der Waals surface area contributed by atoms with Gasteiger partial charge >= 0.3 is 0 Å². The Balaban J connectivity index is 2.59. The summed E-state index contributed by atoms with van der Waals surface area (Å²) in [6, 6.07) is 5.42. The third kappa shape index (κ3) is 5.41. The average molecular weight is 298 g/mol. The number of carbonyl (C=O) groups excluding carboxylic acids is 1. The number of aryl methyl sites for hydroxylation is 1. The van der Waals surface area contributed by atoms with Crippen molar-refractivity contribution >= 4 is 17.5 Å². The van der Waals surface area contributed by atoms with Gasteiger partial charge in [0, 0.05) is 12.1 Å². The van der Waals surface area contributed by atoms with Gasteiger partial charge in [-0.25, -0.2) is 0 Å². The zero-order valence-electron chi connectivity index (χ0n) is 12.9. The highest BCUT2D eigenvalue weighted by Gasteiger charge is 2.17. The highest BCUT2D eigenvalue weighted by molar-refractivity contribution is 6.21. The first kappa shape index (κ1) is 16.8. The van der Waals surface area contributed by atoms with Crippen LogP contribution in [0, 0.1) is 12.3 Å². The van der Waals surface area contributed by atoms with Crippen LogP contribution in [-0.4, -0.2) is 24.9 Å². The Kier molecular flexibility index (Phi) is 5.88. The molecule has 0 saturated carbocycles. The Labute approximate surface area is 126 Å². The van der Waals surface area contributed by atoms with Gasteiger partial charge in [0.1, 0.15) is 5.75 Å². The summed E-state index contributed by atoms with van der Waals surface area (Å²) in [5.74, 6) is 0.595. The zero-order valence-corrected chi connectivity index (χ0v) is 13.7. The maximum Gasteiger partial charge on any atom is 0.251 e. The van der Waals surface area contributed by atoms with Crippen molar-refractivity contribution < 1.29 is 9.53 Å². The van der Waals surface area contributed by atoms with Crippen molar-refractivity contribution in [1.29, 1.82) is 0 Å². The van der Waals surface area contributed by atoms with Crippen molar-refractivity contribution in [3.05, 3.63) is 29.3 Å². The third-order valence-corrected chi connectivity index (χ3v) is 3.30. The fraction of sp³-hybridized carbons (Fsp3) is 0.562. The lowest BCUT2D eigenvalue weighted by Gasteiger charge is -2.22. The van der Waals surface area contributed by atoms with E-state index in [4.69, 9.17) is 16.3 Å². The van der Waals surface area contributed by atoms with E-state index in [9.17, 15) is 4.79 Å². The van der Waals surface area contributed by atoms with Gasteiger partial charge in [0.15, 0.2) is 0 Å². The molecule has 20 heavy (non-hydrogen) atoms. The van der Waals surface area contributed by atoms with E-state index in [2.05, 4.69) is 26.1 Å². The van der Waals surface area contributed by atoms with Crippen LogP contribution < -0.4 is 10.1 Å². The van der Waals surface area contributed by atoms with Crippen molar-refractivity contribution in [2.24, 2.45) is 5.41 Å². The van der Waals surface area contributed by atoms with Gasteiger partial charge in [-0.2, -0.15) is 0 Å². The predicted molar refractivity (Wildman–Crippen MR) is 83.8 cm³/mol. The molecule has 0 fully saturated rings. The van der Waals surface area contributed by atoms with E-state index in [1.165, 1.54) is 0 Å². The predicted octanol–water partition coefficient (Wildman–Crippen LogP) is 3.78. The van der Waals surface area contributed by atoms with Crippen molar-refractivity contribution in [2.75, 3.05) is 13.7 Å². The Hall–Kier alpha value is -1.22. The fourth-order valence-corrected chi connectivity index (χ4v) is 2.54. The number of halogens is 1. The third-order valence-electron chi connectivity index (χ3n) is 2.99. The van der Waals surface area contributed by atoms with Crippen molar-refractivity contribution in [3.8, 4) is 5.75 Å². The highest BCUT2D eigenvalue weighted by Crippen LogP contribution is 2.23. The van der Waals surface area contributed by atoms with Crippen LogP contribution in [0.1, 0.15) is 43.1 Å². The number of ether oxygens (including phenoxy) is 1. The maximum atomic E-state index is 12.1. The molecule has 1 aromatic rings. The Morgan fingerprint density at radius 2 is 2.05 bits per heavy atom. The first-order valence-electron chi connectivity index (χ1n) is 6.80. The molecule has 0 aliphatic carbocycles. The van der Waals surface area contributed by atoms with Crippen LogP contribution in [0.5, 0.6) is 5.75 Å². The van der Waals surface area contributed by atoms with E-state index < -0.39 is 0 Å². The van der Waals surface area contributed by atoms with E-state index >= 15 is 0 Å². The van der Waals surface area contributed by atoms with Crippen LogP contribution >= 0.6 is 11.6 Å². The monoisotopic (exact) mass is 297 g/mol. The number of rotatable bonds is 5. The second-order valence-corrected chi connectivity index (χ2v) is 6.87. The van der Waals surface area contributed by atoms with Crippen LogP contribution in [0.3, 0.4) is 0 Å². The quantitative estimate of drug-likeness (QED) is 0.840. The van der Waals surface area contributed by atoms with Crippen LogP contribution in [0.15, 0.2) is 18.2 Å². The molecular formula is C16H24ClNO2. The van der Waals surface area contributed by atoms with Crippen LogP contribution in [0.4, 0.5) is 0 Å². The molecular weight excluding hydrogens is 274 g/mol. The van der Waals surface area contributed by atoms with Crippen LogP contribution in [0.25, 0.3) is 0 Å². The number of nitrogens with one attached hydrogen (secondary N) is 1. The lowest BCUT2D eigenvalue weighted by atomic mass is 9.90. The van der Waals surface area contributed by atoms with Gasteiger partial charge in [0.2, 0.25) is 0 Å². The second-order valence-electron chi connectivity index (χ2n) is 6.26. The molecule has 1 atom stereocenters. The number of alkyl halides is 1. The molecule has 0 aliphatic heterocycles. The number of hydrogen-bond donors (Lipinski definition) is 1.